The van der Waals surface area contributed by atoms with Crippen molar-refractivity contribution < 1.29 is 9.90 Å². The molecule has 1 saturated heterocycles. The fraction of sp³-hybridized carbons (Fsp3) is 0.643. The van der Waals surface area contributed by atoms with E-state index in [0.29, 0.717) is 11.7 Å². The first-order valence-electron chi connectivity index (χ1n) is 6.89. The van der Waals surface area contributed by atoms with E-state index in [1.54, 1.807) is 23.1 Å². The van der Waals surface area contributed by atoms with Gasteiger partial charge in [0, 0.05) is 30.3 Å². The van der Waals surface area contributed by atoms with Gasteiger partial charge in [-0.15, -0.1) is 23.1 Å². The minimum atomic E-state index is 0.222. The number of hydrogen-bond donors (Lipinski definition) is 1. The van der Waals surface area contributed by atoms with Crippen molar-refractivity contribution in [1.29, 1.82) is 0 Å². The number of thioether (sulfide) groups is 1. The number of nitrogens with zero attached hydrogens (tertiary/aromatic N) is 1. The van der Waals surface area contributed by atoms with Crippen LogP contribution in [0.15, 0.2) is 12.1 Å². The number of piperidine rings is 1. The van der Waals surface area contributed by atoms with Gasteiger partial charge in [0.2, 0.25) is 5.91 Å². The summed E-state index contributed by atoms with van der Waals surface area (Å²) in [6.45, 7) is 1.90. The molecule has 1 fully saturated rings. The Balaban J connectivity index is 1.71. The van der Waals surface area contributed by atoms with Crippen molar-refractivity contribution in [1.82, 2.24) is 4.90 Å². The quantitative estimate of drug-likeness (QED) is 0.868. The van der Waals surface area contributed by atoms with Gasteiger partial charge in [0.25, 0.3) is 0 Å². The Morgan fingerprint density at radius 2 is 2.40 bits per heavy atom. The summed E-state index contributed by atoms with van der Waals surface area (Å²) in [6, 6.07) is 3.91. The van der Waals surface area contributed by atoms with Crippen LogP contribution in [0.1, 0.15) is 24.1 Å². The predicted molar refractivity (Wildman–Crippen MR) is 86.5 cm³/mol. The highest BCUT2D eigenvalue weighted by atomic mass is 35.5. The molecule has 1 atom stereocenters. The molecule has 0 bridgehead atoms. The average molecular weight is 334 g/mol. The van der Waals surface area contributed by atoms with E-state index < -0.39 is 0 Å². The Bertz CT molecular complexity index is 437. The van der Waals surface area contributed by atoms with Crippen LogP contribution in [0.3, 0.4) is 0 Å². The van der Waals surface area contributed by atoms with Crippen LogP contribution in [-0.2, 0) is 10.5 Å². The molecule has 0 saturated carbocycles. The van der Waals surface area contributed by atoms with E-state index in [4.69, 9.17) is 16.7 Å². The monoisotopic (exact) mass is 333 g/mol. The molecule has 1 aliphatic rings. The zero-order valence-corrected chi connectivity index (χ0v) is 13.8. The highest BCUT2D eigenvalue weighted by Crippen LogP contribution is 2.26. The first kappa shape index (κ1) is 16.1. The van der Waals surface area contributed by atoms with Crippen molar-refractivity contribution in [3.63, 3.8) is 0 Å². The molecule has 6 heteroatoms. The van der Waals surface area contributed by atoms with E-state index in [1.165, 1.54) is 4.88 Å². The van der Waals surface area contributed by atoms with Crippen molar-refractivity contribution in [2.24, 2.45) is 5.92 Å². The summed E-state index contributed by atoms with van der Waals surface area (Å²) in [5.41, 5.74) is 0. The normalized spacial score (nSPS) is 19.3. The second kappa shape index (κ2) is 8.27. The lowest BCUT2D eigenvalue weighted by atomic mass is 9.95. The molecule has 1 aliphatic heterocycles. The minimum absolute atomic E-state index is 0.222. The van der Waals surface area contributed by atoms with E-state index in [1.807, 2.05) is 17.0 Å². The van der Waals surface area contributed by atoms with Crippen LogP contribution in [0.4, 0.5) is 0 Å². The van der Waals surface area contributed by atoms with Crippen LogP contribution in [0.25, 0.3) is 0 Å². The van der Waals surface area contributed by atoms with Gasteiger partial charge in [0.05, 0.1) is 10.1 Å². The Kier molecular flexibility index (Phi) is 6.68. The summed E-state index contributed by atoms with van der Waals surface area (Å²) >= 11 is 9.10. The highest BCUT2D eigenvalue weighted by Gasteiger charge is 2.22. The minimum Gasteiger partial charge on any atom is -0.396 e. The second-order valence-corrected chi connectivity index (χ2v) is 7.84. The van der Waals surface area contributed by atoms with Gasteiger partial charge in [-0.1, -0.05) is 11.6 Å². The summed E-state index contributed by atoms with van der Waals surface area (Å²) in [7, 11) is 0. The summed E-state index contributed by atoms with van der Waals surface area (Å²) in [6.07, 6.45) is 3.00. The van der Waals surface area contributed by atoms with Crippen LogP contribution in [0.2, 0.25) is 4.34 Å². The van der Waals surface area contributed by atoms with Gasteiger partial charge in [0.1, 0.15) is 0 Å². The Hall–Kier alpha value is -0.230. The second-order valence-electron chi connectivity index (χ2n) is 5.06. The maximum atomic E-state index is 12.2. The number of carbonyl (C=O) groups excluding carboxylic acids is 1. The fourth-order valence-corrected chi connectivity index (χ4v) is 4.59. The molecule has 1 unspecified atom stereocenters. The molecule has 3 nitrogen and oxygen atoms in total. The van der Waals surface area contributed by atoms with Crippen LogP contribution in [-0.4, -0.2) is 41.4 Å². The Morgan fingerprint density at radius 3 is 3.10 bits per heavy atom. The van der Waals surface area contributed by atoms with E-state index in [-0.39, 0.29) is 12.5 Å². The molecule has 1 N–H and O–H groups in total. The maximum absolute atomic E-state index is 12.2. The van der Waals surface area contributed by atoms with Crippen LogP contribution >= 0.6 is 34.7 Å². The number of aliphatic hydroxyl groups is 1. The lowest BCUT2D eigenvalue weighted by molar-refractivity contribution is -0.130. The van der Waals surface area contributed by atoms with Crippen LogP contribution in [0.5, 0.6) is 0 Å². The van der Waals surface area contributed by atoms with E-state index in [0.717, 1.165) is 42.4 Å². The molecule has 0 radical (unpaired) electrons. The van der Waals surface area contributed by atoms with Gasteiger partial charge in [-0.05, 0) is 37.3 Å². The molecular formula is C14H20ClNO2S2. The molecule has 2 heterocycles. The number of thiophene rings is 1. The van der Waals surface area contributed by atoms with Gasteiger partial charge >= 0.3 is 0 Å². The first-order chi connectivity index (χ1) is 9.69. The topological polar surface area (TPSA) is 40.5 Å². The van der Waals surface area contributed by atoms with Crippen molar-refractivity contribution in [2.75, 3.05) is 25.4 Å². The number of amides is 1. The van der Waals surface area contributed by atoms with Gasteiger partial charge in [-0.25, -0.2) is 0 Å². The van der Waals surface area contributed by atoms with Crippen molar-refractivity contribution in [3.8, 4) is 0 Å². The van der Waals surface area contributed by atoms with Crippen molar-refractivity contribution >= 4 is 40.6 Å². The maximum Gasteiger partial charge on any atom is 0.232 e. The molecule has 0 spiro atoms. The number of likely N-dealkylation sites (tertiary alicyclic amines) is 1. The number of hydrogen-bond acceptors (Lipinski definition) is 4. The number of rotatable bonds is 6. The summed E-state index contributed by atoms with van der Waals surface area (Å²) in [5.74, 6) is 2.07. The molecule has 1 aromatic heterocycles. The van der Waals surface area contributed by atoms with Crippen LogP contribution < -0.4 is 0 Å². The summed E-state index contributed by atoms with van der Waals surface area (Å²) in [4.78, 5) is 15.3. The zero-order valence-electron chi connectivity index (χ0n) is 11.4. The third kappa shape index (κ3) is 4.95. The summed E-state index contributed by atoms with van der Waals surface area (Å²) in [5, 5.41) is 9.00. The van der Waals surface area contributed by atoms with Gasteiger partial charge in [-0.2, -0.15) is 0 Å². The molecule has 0 aromatic carbocycles. The molecule has 1 aromatic rings. The highest BCUT2D eigenvalue weighted by molar-refractivity contribution is 7.99. The van der Waals surface area contributed by atoms with Crippen molar-refractivity contribution in [2.45, 2.75) is 25.0 Å². The Labute approximate surface area is 133 Å². The standard InChI is InChI=1S/C14H20ClNO2S2/c15-13-4-3-12(20-13)9-19-10-14(18)16-6-1-2-11(8-16)5-7-17/h3-4,11,17H,1-2,5-10H2. The lowest BCUT2D eigenvalue weighted by Crippen LogP contribution is -2.41. The number of aliphatic hydroxyl groups excluding tert-OH is 1. The van der Waals surface area contributed by atoms with Gasteiger partial charge < -0.3 is 10.0 Å². The smallest absolute Gasteiger partial charge is 0.232 e. The molecule has 112 valence electrons. The third-order valence-electron chi connectivity index (χ3n) is 3.51. The average Bonchev–Trinajstić information content (AvgIpc) is 2.85. The molecule has 2 rings (SSSR count). The van der Waals surface area contributed by atoms with Crippen molar-refractivity contribution in [3.05, 3.63) is 21.3 Å². The molecule has 0 aliphatic carbocycles. The lowest BCUT2D eigenvalue weighted by Gasteiger charge is -2.32. The van der Waals surface area contributed by atoms with Crippen LogP contribution in [0, 0.1) is 5.92 Å². The fourth-order valence-electron chi connectivity index (χ4n) is 2.47. The van der Waals surface area contributed by atoms with E-state index in [2.05, 4.69) is 0 Å². The third-order valence-corrected chi connectivity index (χ3v) is 5.89. The predicted octanol–water partition coefficient (Wildman–Crippen LogP) is 3.26. The molecule has 1 amide bonds. The Morgan fingerprint density at radius 1 is 1.55 bits per heavy atom. The SMILES string of the molecule is O=C(CSCc1ccc(Cl)s1)N1CCCC(CCO)C1. The first-order valence-corrected chi connectivity index (χ1v) is 9.24. The van der Waals surface area contributed by atoms with Gasteiger partial charge in [0.15, 0.2) is 0 Å². The van der Waals surface area contributed by atoms with E-state index >= 15 is 0 Å². The largest absolute Gasteiger partial charge is 0.396 e. The molecular weight excluding hydrogens is 314 g/mol. The number of carbonyl (C=O) groups is 1. The zero-order chi connectivity index (χ0) is 14.4. The summed E-state index contributed by atoms with van der Waals surface area (Å²) < 4.78 is 0.801. The van der Waals surface area contributed by atoms with E-state index in [9.17, 15) is 4.79 Å². The molecule has 20 heavy (non-hydrogen) atoms. The van der Waals surface area contributed by atoms with Gasteiger partial charge in [-0.3, -0.25) is 4.79 Å². The number of halogens is 1.